The zero-order valence-corrected chi connectivity index (χ0v) is 16.6. The minimum Gasteiger partial charge on any atom is -0.357 e. The summed E-state index contributed by atoms with van der Waals surface area (Å²) in [5.74, 6) is 0. The minimum atomic E-state index is -2.85. The van der Waals surface area contributed by atoms with Crippen LogP contribution in [0.3, 0.4) is 0 Å². The number of hydrogen-bond acceptors (Lipinski definition) is 12. The van der Waals surface area contributed by atoms with Crippen LogP contribution in [0.1, 0.15) is 0 Å². The van der Waals surface area contributed by atoms with Crippen LogP contribution < -0.4 is 107 Å². The fraction of sp³-hybridized carbons (Fsp3) is 0. The molecule has 0 atom stereocenters. The fourth-order valence-electron chi connectivity index (χ4n) is 0. The average molecular weight is 495 g/mol. The molecule has 0 N–H and O–H groups in total. The van der Waals surface area contributed by atoms with E-state index < -0.39 is 43.1 Å². The molecule has 0 amide bonds. The summed E-state index contributed by atoms with van der Waals surface area (Å²) in [6.07, 6.45) is 0. The van der Waals surface area contributed by atoms with E-state index in [4.69, 9.17) is 55.9 Å². The van der Waals surface area contributed by atoms with E-state index in [1.54, 1.807) is 0 Å². The Labute approximate surface area is 172 Å². The van der Waals surface area contributed by atoms with Gasteiger partial charge in [-0.25, -0.2) is 0 Å². The summed E-state index contributed by atoms with van der Waals surface area (Å²) in [7, 11) is -11.4. The van der Waals surface area contributed by atoms with Gasteiger partial charge in [0.25, 0.3) is 0 Å². The topological polar surface area (TPSA) is 277 Å². The van der Waals surface area contributed by atoms with Crippen LogP contribution in [0.4, 0.5) is 0 Å². The third-order valence-electron chi connectivity index (χ3n) is 0. The summed E-state index contributed by atoms with van der Waals surface area (Å²) in [4.78, 5) is 0. The Morgan fingerprint density at radius 3 is 0.333 bits per heavy atom. The van der Waals surface area contributed by atoms with E-state index in [2.05, 4.69) is 0 Å². The molecular formula is Cl4KO12Sb. The van der Waals surface area contributed by atoms with E-state index in [-0.39, 0.29) is 75.8 Å². The van der Waals surface area contributed by atoms with Gasteiger partial charge in [0.05, 0.1) is 43.1 Å². The Balaban J connectivity index is -0.0000000257. The van der Waals surface area contributed by atoms with Crippen LogP contribution in [0.2, 0.25) is 0 Å². The molecule has 0 bridgehead atoms. The minimum absolute atomic E-state index is 0. The summed E-state index contributed by atoms with van der Waals surface area (Å²) in [5, 5.41) is 0. The summed E-state index contributed by atoms with van der Waals surface area (Å²) in [5.41, 5.74) is 0. The smallest absolute Gasteiger partial charge is 0.357 e. The summed E-state index contributed by atoms with van der Waals surface area (Å²) < 4.78 is 101. The molecule has 0 unspecified atom stereocenters. The first-order valence-electron chi connectivity index (χ1n) is 1.85. The van der Waals surface area contributed by atoms with Crippen molar-refractivity contribution in [2.45, 2.75) is 0 Å². The Morgan fingerprint density at radius 2 is 0.333 bits per heavy atom. The Hall–Kier alpha value is 3.13. The fourth-order valence-corrected chi connectivity index (χ4v) is 0. The van der Waals surface area contributed by atoms with E-state index in [0.29, 0.717) is 0 Å². The van der Waals surface area contributed by atoms with E-state index in [0.717, 1.165) is 0 Å². The first-order valence-corrected chi connectivity index (χ1v) is 5.55. The van der Waals surface area contributed by atoms with Gasteiger partial charge >= 0.3 is 75.8 Å². The summed E-state index contributed by atoms with van der Waals surface area (Å²) in [6, 6.07) is 0. The van der Waals surface area contributed by atoms with Crippen molar-refractivity contribution >= 4 is 24.4 Å². The average Bonchev–Trinajstić information content (AvgIpc) is 1.76. The summed E-state index contributed by atoms with van der Waals surface area (Å²) in [6.45, 7) is 0. The molecule has 0 spiro atoms. The van der Waals surface area contributed by atoms with Gasteiger partial charge < -0.3 is 55.9 Å². The molecule has 0 fully saturated rings. The predicted molar refractivity (Wildman–Crippen MR) is 5.75 cm³/mol. The van der Waals surface area contributed by atoms with Crippen LogP contribution in [0.25, 0.3) is 0 Å². The van der Waals surface area contributed by atoms with E-state index in [9.17, 15) is 0 Å². The standard InChI is InChI=1S/4ClO3.K.Sb/c4*2-1(3)4;;/q4*-1;+1;+3. The Bertz CT molecular complexity index is 67.1. The molecule has 0 rings (SSSR count). The van der Waals surface area contributed by atoms with Crippen LogP contribution >= 0.6 is 0 Å². The molecule has 18 heavy (non-hydrogen) atoms. The molecule has 18 heteroatoms. The van der Waals surface area contributed by atoms with Crippen molar-refractivity contribution in [1.29, 1.82) is 0 Å². The number of halogens is 4. The van der Waals surface area contributed by atoms with Crippen molar-refractivity contribution in [1.82, 2.24) is 0 Å². The first-order chi connectivity index (χ1) is 6.93. The molecule has 2 radical (unpaired) electrons. The van der Waals surface area contributed by atoms with Gasteiger partial charge in [-0.2, -0.15) is 0 Å². The molecule has 0 saturated carbocycles. The first kappa shape index (κ1) is 37.4. The second-order valence-electron chi connectivity index (χ2n) is 0.756. The van der Waals surface area contributed by atoms with E-state index in [1.165, 1.54) is 0 Å². The van der Waals surface area contributed by atoms with Gasteiger partial charge in [0, 0.05) is 0 Å². The van der Waals surface area contributed by atoms with Crippen LogP contribution in [-0.2, 0) is 0 Å². The predicted octanol–water partition coefficient (Wildman–Crippen LogP) is -17.6. The molecular weight excluding hydrogens is 495 g/mol. The molecule has 0 aromatic carbocycles. The third kappa shape index (κ3) is 640. The van der Waals surface area contributed by atoms with Gasteiger partial charge in [0.15, 0.2) is 0 Å². The maximum Gasteiger partial charge on any atom is 3.00 e. The van der Waals surface area contributed by atoms with Crippen molar-refractivity contribution < 1.29 is 150 Å². The van der Waals surface area contributed by atoms with Gasteiger partial charge in [-0.15, -0.1) is 0 Å². The molecule has 0 aromatic heterocycles. The molecule has 0 aliphatic rings. The molecule has 0 aromatic rings. The maximum absolute atomic E-state index is 8.41. The van der Waals surface area contributed by atoms with Crippen LogP contribution in [0.15, 0.2) is 0 Å². The normalized spacial score (nSPS) is 8.00. The zero-order chi connectivity index (χ0) is 14.3. The summed E-state index contributed by atoms with van der Waals surface area (Å²) >= 11 is 0. The largest absolute Gasteiger partial charge is 3.00 e. The second kappa shape index (κ2) is 32.2. The zero-order valence-electron chi connectivity index (χ0n) is 7.86. The van der Waals surface area contributed by atoms with Crippen molar-refractivity contribution in [3.63, 3.8) is 0 Å². The van der Waals surface area contributed by atoms with Gasteiger partial charge in [0.2, 0.25) is 0 Å². The van der Waals surface area contributed by atoms with Gasteiger partial charge in [-0.3, -0.25) is 0 Å². The maximum atomic E-state index is 8.41. The molecule has 0 aliphatic carbocycles. The Morgan fingerprint density at radius 1 is 0.333 bits per heavy atom. The van der Waals surface area contributed by atoms with Crippen LogP contribution in [0, 0.1) is 43.1 Å². The second-order valence-corrected chi connectivity index (χ2v) is 2.27. The van der Waals surface area contributed by atoms with Crippen molar-refractivity contribution in [3.05, 3.63) is 0 Å². The molecule has 106 valence electrons. The molecule has 0 heterocycles. The third-order valence-corrected chi connectivity index (χ3v) is 0. The van der Waals surface area contributed by atoms with Crippen LogP contribution in [0.5, 0.6) is 0 Å². The quantitative estimate of drug-likeness (QED) is 0.284. The van der Waals surface area contributed by atoms with Gasteiger partial charge in [-0.05, 0) is 0 Å². The van der Waals surface area contributed by atoms with Crippen molar-refractivity contribution in [2.75, 3.05) is 0 Å². The number of hydrogen-bond donors (Lipinski definition) is 0. The molecule has 0 aliphatic heterocycles. The molecule has 0 saturated heterocycles. The van der Waals surface area contributed by atoms with Gasteiger partial charge in [0.1, 0.15) is 0 Å². The number of rotatable bonds is 0. The SMILES string of the molecule is [K+].[O-][Cl+2]([O-])[O-].[O-][Cl+2]([O-])[O-].[O-][Cl+2]([O-])[O-].[O-][Cl+2]([O-])[O-].[Sb+3]. The monoisotopic (exact) mass is 492 g/mol. The Kier molecular flexibility index (Phi) is 66.9. The van der Waals surface area contributed by atoms with Gasteiger partial charge in [-0.1, -0.05) is 0 Å². The molecule has 12 nitrogen and oxygen atoms in total. The van der Waals surface area contributed by atoms with E-state index >= 15 is 0 Å². The van der Waals surface area contributed by atoms with E-state index in [1.807, 2.05) is 0 Å². The van der Waals surface area contributed by atoms with Crippen molar-refractivity contribution in [2.24, 2.45) is 0 Å². The van der Waals surface area contributed by atoms with Crippen LogP contribution in [-0.4, -0.2) is 24.4 Å². The van der Waals surface area contributed by atoms with Crippen molar-refractivity contribution in [3.8, 4) is 0 Å².